The van der Waals surface area contributed by atoms with Gasteiger partial charge in [0, 0.05) is 10.6 Å². The molecule has 0 radical (unpaired) electrons. The number of imide groups is 1. The Hall–Kier alpha value is -3.19. The van der Waals surface area contributed by atoms with Gasteiger partial charge in [-0.1, -0.05) is 37.6 Å². The monoisotopic (exact) mass is 428 g/mol. The fraction of sp³-hybridized carbons (Fsp3) is 0.273. The van der Waals surface area contributed by atoms with E-state index in [0.717, 1.165) is 4.90 Å². The van der Waals surface area contributed by atoms with Gasteiger partial charge in [-0.15, -0.1) is 0 Å². The Morgan fingerprint density at radius 3 is 2.10 bits per heavy atom. The first-order chi connectivity index (χ1) is 14.3. The highest BCUT2D eigenvalue weighted by Gasteiger charge is 2.36. The number of esters is 1. The summed E-state index contributed by atoms with van der Waals surface area (Å²) in [4.78, 5) is 50.8. The van der Waals surface area contributed by atoms with Crippen molar-refractivity contribution in [1.29, 1.82) is 0 Å². The lowest BCUT2D eigenvalue weighted by atomic mass is 10.0. The summed E-state index contributed by atoms with van der Waals surface area (Å²) in [5.41, 5.74) is 0.892. The van der Waals surface area contributed by atoms with Crippen LogP contribution in [0.3, 0.4) is 0 Å². The Labute approximate surface area is 179 Å². The topological polar surface area (TPSA) is 92.8 Å². The van der Waals surface area contributed by atoms with Crippen molar-refractivity contribution in [2.45, 2.75) is 26.3 Å². The van der Waals surface area contributed by atoms with Gasteiger partial charge in [0.05, 0.1) is 11.1 Å². The Morgan fingerprint density at radius 1 is 1.00 bits per heavy atom. The lowest BCUT2D eigenvalue weighted by Gasteiger charge is -2.21. The number of rotatable bonds is 7. The van der Waals surface area contributed by atoms with Crippen LogP contribution in [0.5, 0.6) is 0 Å². The minimum absolute atomic E-state index is 0.0902. The fourth-order valence-electron chi connectivity index (χ4n) is 3.11. The first kappa shape index (κ1) is 21.5. The summed E-state index contributed by atoms with van der Waals surface area (Å²) in [6.07, 6.45) is 0.334. The normalized spacial score (nSPS) is 13.9. The fourth-order valence-corrected chi connectivity index (χ4v) is 3.24. The molecule has 3 rings (SSSR count). The summed E-state index contributed by atoms with van der Waals surface area (Å²) in [6.45, 7) is 3.29. The molecule has 0 aromatic heterocycles. The number of nitrogens with zero attached hydrogens (tertiary/aromatic N) is 1. The predicted octanol–water partition coefficient (Wildman–Crippen LogP) is 3.28. The van der Waals surface area contributed by atoms with Crippen molar-refractivity contribution in [2.24, 2.45) is 5.92 Å². The third kappa shape index (κ3) is 4.68. The molecular weight excluding hydrogens is 408 g/mol. The van der Waals surface area contributed by atoms with E-state index in [4.69, 9.17) is 16.3 Å². The van der Waals surface area contributed by atoms with Crippen molar-refractivity contribution in [3.8, 4) is 0 Å². The highest BCUT2D eigenvalue weighted by atomic mass is 35.5. The van der Waals surface area contributed by atoms with Gasteiger partial charge in [-0.05, 0) is 48.7 Å². The van der Waals surface area contributed by atoms with Gasteiger partial charge in [-0.3, -0.25) is 14.4 Å². The van der Waals surface area contributed by atoms with Gasteiger partial charge in [-0.25, -0.2) is 9.69 Å². The third-order valence-electron chi connectivity index (χ3n) is 4.62. The second-order valence-corrected chi connectivity index (χ2v) is 7.78. The van der Waals surface area contributed by atoms with Crippen LogP contribution >= 0.6 is 11.6 Å². The molecule has 1 aliphatic heterocycles. The van der Waals surface area contributed by atoms with Crippen LogP contribution in [0.2, 0.25) is 5.02 Å². The molecular formula is C22H21ClN2O5. The maximum absolute atomic E-state index is 12.6. The Morgan fingerprint density at radius 2 is 1.57 bits per heavy atom. The molecule has 8 heteroatoms. The standard InChI is InChI=1S/C22H21ClN2O5/c1-13(2)11-18(24-19(26)14-7-9-15(23)10-8-14)22(29)30-12-25-20(27)16-5-3-4-6-17(16)21(25)28/h3-10,13,18H,11-12H2,1-2H3,(H,24,26)/t18-/m1/s1. The zero-order valence-corrected chi connectivity index (χ0v) is 17.3. The van der Waals surface area contributed by atoms with E-state index in [1.54, 1.807) is 48.5 Å². The molecule has 156 valence electrons. The van der Waals surface area contributed by atoms with Gasteiger partial charge in [-0.2, -0.15) is 0 Å². The minimum atomic E-state index is -0.927. The molecule has 0 spiro atoms. The summed E-state index contributed by atoms with van der Waals surface area (Å²) in [6, 6.07) is 11.7. The molecule has 1 N–H and O–H groups in total. The van der Waals surface area contributed by atoms with Crippen LogP contribution in [0.25, 0.3) is 0 Å². The molecule has 0 fully saturated rings. The van der Waals surface area contributed by atoms with Crippen LogP contribution in [0, 0.1) is 5.92 Å². The van der Waals surface area contributed by atoms with Crippen molar-refractivity contribution in [3.63, 3.8) is 0 Å². The summed E-state index contributed by atoms with van der Waals surface area (Å²) >= 11 is 5.84. The molecule has 0 unspecified atom stereocenters. The van der Waals surface area contributed by atoms with E-state index in [0.29, 0.717) is 17.0 Å². The second-order valence-electron chi connectivity index (χ2n) is 7.34. The highest BCUT2D eigenvalue weighted by molar-refractivity contribution is 6.30. The van der Waals surface area contributed by atoms with E-state index in [2.05, 4.69) is 5.32 Å². The minimum Gasteiger partial charge on any atom is -0.442 e. The highest BCUT2D eigenvalue weighted by Crippen LogP contribution is 2.22. The third-order valence-corrected chi connectivity index (χ3v) is 4.87. The van der Waals surface area contributed by atoms with Gasteiger partial charge in [0.15, 0.2) is 6.73 Å². The van der Waals surface area contributed by atoms with Crippen molar-refractivity contribution >= 4 is 35.3 Å². The summed E-state index contributed by atoms with van der Waals surface area (Å²) in [5.74, 6) is -2.12. The largest absolute Gasteiger partial charge is 0.442 e. The molecule has 2 aromatic carbocycles. The van der Waals surface area contributed by atoms with Gasteiger partial charge >= 0.3 is 5.97 Å². The number of nitrogens with one attached hydrogen (secondary N) is 1. The molecule has 0 saturated carbocycles. The zero-order valence-electron chi connectivity index (χ0n) is 16.6. The molecule has 7 nitrogen and oxygen atoms in total. The Balaban J connectivity index is 1.66. The first-order valence-corrected chi connectivity index (χ1v) is 9.84. The molecule has 0 aliphatic carbocycles. The number of hydrogen-bond acceptors (Lipinski definition) is 5. The van der Waals surface area contributed by atoms with E-state index in [9.17, 15) is 19.2 Å². The maximum Gasteiger partial charge on any atom is 0.330 e. The maximum atomic E-state index is 12.6. The molecule has 1 atom stereocenters. The van der Waals surface area contributed by atoms with Crippen molar-refractivity contribution in [1.82, 2.24) is 10.2 Å². The van der Waals surface area contributed by atoms with Crippen molar-refractivity contribution in [2.75, 3.05) is 6.73 Å². The van der Waals surface area contributed by atoms with Gasteiger partial charge in [0.2, 0.25) is 0 Å². The summed E-state index contributed by atoms with van der Waals surface area (Å²) in [7, 11) is 0. The van der Waals surface area contributed by atoms with Crippen LogP contribution in [-0.2, 0) is 9.53 Å². The predicted molar refractivity (Wildman–Crippen MR) is 110 cm³/mol. The molecule has 1 heterocycles. The lowest BCUT2D eigenvalue weighted by Crippen LogP contribution is -2.44. The SMILES string of the molecule is CC(C)C[C@@H](NC(=O)c1ccc(Cl)cc1)C(=O)OCN1C(=O)c2ccccc2C1=O. The summed E-state index contributed by atoms with van der Waals surface area (Å²) in [5, 5.41) is 3.15. The average molecular weight is 429 g/mol. The van der Waals surface area contributed by atoms with E-state index in [-0.39, 0.29) is 17.0 Å². The van der Waals surface area contributed by atoms with Gasteiger partial charge in [0.25, 0.3) is 17.7 Å². The van der Waals surface area contributed by atoms with Crippen molar-refractivity contribution < 1.29 is 23.9 Å². The molecule has 1 aliphatic rings. The molecule has 0 bridgehead atoms. The van der Waals surface area contributed by atoms with E-state index < -0.39 is 36.5 Å². The smallest absolute Gasteiger partial charge is 0.330 e. The number of fused-ring (bicyclic) bond motifs is 1. The first-order valence-electron chi connectivity index (χ1n) is 9.46. The van der Waals surface area contributed by atoms with E-state index in [1.807, 2.05) is 13.8 Å². The van der Waals surface area contributed by atoms with Crippen LogP contribution in [0.4, 0.5) is 0 Å². The number of benzene rings is 2. The molecule has 30 heavy (non-hydrogen) atoms. The average Bonchev–Trinajstić information content (AvgIpc) is 2.96. The van der Waals surface area contributed by atoms with Crippen LogP contribution in [-0.4, -0.2) is 41.4 Å². The molecule has 3 amide bonds. The van der Waals surface area contributed by atoms with Crippen LogP contribution in [0.15, 0.2) is 48.5 Å². The van der Waals surface area contributed by atoms with Crippen LogP contribution in [0.1, 0.15) is 51.3 Å². The number of carbonyl (C=O) groups is 4. The van der Waals surface area contributed by atoms with Crippen molar-refractivity contribution in [3.05, 3.63) is 70.2 Å². The number of amides is 3. The second kappa shape index (κ2) is 9.09. The number of halogens is 1. The number of ether oxygens (including phenoxy) is 1. The van der Waals surface area contributed by atoms with Gasteiger partial charge in [0.1, 0.15) is 6.04 Å². The quantitative estimate of drug-likeness (QED) is 0.539. The van der Waals surface area contributed by atoms with Gasteiger partial charge < -0.3 is 10.1 Å². The zero-order chi connectivity index (χ0) is 21.8. The van der Waals surface area contributed by atoms with E-state index >= 15 is 0 Å². The Kier molecular flexibility index (Phi) is 6.52. The Bertz CT molecular complexity index is 952. The number of hydrogen-bond donors (Lipinski definition) is 1. The number of carbonyl (C=O) groups excluding carboxylic acids is 4. The molecule has 2 aromatic rings. The summed E-state index contributed by atoms with van der Waals surface area (Å²) < 4.78 is 5.23. The van der Waals surface area contributed by atoms with Crippen LogP contribution < -0.4 is 5.32 Å². The lowest BCUT2D eigenvalue weighted by molar-refractivity contribution is -0.149. The van der Waals surface area contributed by atoms with E-state index in [1.165, 1.54) is 0 Å². The molecule has 0 saturated heterocycles.